The Hall–Kier alpha value is -2.95. The zero-order valence-electron chi connectivity index (χ0n) is 14.9. The number of benzene rings is 2. The smallest absolute Gasteiger partial charge is 0.310 e. The number of esters is 2. The molecule has 0 radical (unpaired) electrons. The molecule has 0 aliphatic carbocycles. The monoisotopic (exact) mass is 354 g/mol. The van der Waals surface area contributed by atoms with Crippen molar-refractivity contribution in [3.8, 4) is 0 Å². The van der Waals surface area contributed by atoms with Crippen molar-refractivity contribution < 1.29 is 23.9 Å². The highest BCUT2D eigenvalue weighted by Crippen LogP contribution is 2.25. The number of hydrogen-bond acceptors (Lipinski definition) is 5. The van der Waals surface area contributed by atoms with Crippen molar-refractivity contribution in [3.63, 3.8) is 0 Å². The first kappa shape index (κ1) is 19.4. The SMILES string of the molecule is COC(=O)C(CC(=O)c1ccccc1)C(Cc1ccccc1)C(=O)OC. The molecule has 2 unspecified atom stereocenters. The quantitative estimate of drug-likeness (QED) is 0.538. The first-order chi connectivity index (χ1) is 12.6. The molecule has 0 aliphatic heterocycles. The molecule has 0 aliphatic rings. The van der Waals surface area contributed by atoms with Crippen LogP contribution in [0.1, 0.15) is 22.3 Å². The summed E-state index contributed by atoms with van der Waals surface area (Å²) < 4.78 is 9.75. The van der Waals surface area contributed by atoms with Gasteiger partial charge in [0.05, 0.1) is 26.1 Å². The van der Waals surface area contributed by atoms with Crippen LogP contribution in [0.25, 0.3) is 0 Å². The number of Topliss-reactive ketones (excluding diaryl/α,β-unsaturated/α-hetero) is 1. The van der Waals surface area contributed by atoms with Gasteiger partial charge in [0.2, 0.25) is 0 Å². The lowest BCUT2D eigenvalue weighted by Crippen LogP contribution is -2.35. The Morgan fingerprint density at radius 1 is 0.769 bits per heavy atom. The number of ketones is 1. The van der Waals surface area contributed by atoms with E-state index in [1.165, 1.54) is 14.2 Å². The second-order valence-electron chi connectivity index (χ2n) is 5.94. The summed E-state index contributed by atoms with van der Waals surface area (Å²) in [4.78, 5) is 37.3. The fourth-order valence-electron chi connectivity index (χ4n) is 2.89. The van der Waals surface area contributed by atoms with E-state index in [0.29, 0.717) is 5.56 Å². The highest BCUT2D eigenvalue weighted by atomic mass is 16.5. The molecule has 0 fully saturated rings. The van der Waals surface area contributed by atoms with Crippen molar-refractivity contribution in [2.45, 2.75) is 12.8 Å². The van der Waals surface area contributed by atoms with E-state index in [1.54, 1.807) is 30.3 Å². The van der Waals surface area contributed by atoms with Crippen LogP contribution in [0.3, 0.4) is 0 Å². The predicted molar refractivity (Wildman–Crippen MR) is 96.5 cm³/mol. The Bertz CT molecular complexity index is 740. The van der Waals surface area contributed by atoms with Gasteiger partial charge in [0.25, 0.3) is 0 Å². The topological polar surface area (TPSA) is 69.7 Å². The van der Waals surface area contributed by atoms with Crippen LogP contribution in [0, 0.1) is 11.8 Å². The highest BCUT2D eigenvalue weighted by molar-refractivity contribution is 5.99. The van der Waals surface area contributed by atoms with Crippen molar-refractivity contribution in [1.82, 2.24) is 0 Å². The van der Waals surface area contributed by atoms with Crippen LogP contribution in [0.15, 0.2) is 60.7 Å². The molecule has 2 aromatic rings. The van der Waals surface area contributed by atoms with Crippen molar-refractivity contribution in [2.75, 3.05) is 14.2 Å². The third-order valence-electron chi connectivity index (χ3n) is 4.29. The number of carbonyl (C=O) groups is 3. The van der Waals surface area contributed by atoms with Crippen LogP contribution in [0.5, 0.6) is 0 Å². The molecule has 2 aromatic carbocycles. The van der Waals surface area contributed by atoms with Crippen LogP contribution < -0.4 is 0 Å². The molecule has 0 saturated heterocycles. The molecule has 26 heavy (non-hydrogen) atoms. The first-order valence-corrected chi connectivity index (χ1v) is 8.34. The standard InChI is InChI=1S/C21H22O5/c1-25-20(23)17(13-15-9-5-3-6-10-15)18(21(24)26-2)14-19(22)16-11-7-4-8-12-16/h3-12,17-18H,13-14H2,1-2H3. The molecule has 5 heteroatoms. The molecule has 0 aromatic heterocycles. The van der Waals surface area contributed by atoms with Crippen LogP contribution in [0.2, 0.25) is 0 Å². The average molecular weight is 354 g/mol. The predicted octanol–water partition coefficient (Wildman–Crippen LogP) is 3.08. The van der Waals surface area contributed by atoms with Gasteiger partial charge in [-0.05, 0) is 12.0 Å². The summed E-state index contributed by atoms with van der Waals surface area (Å²) in [6.07, 6.45) is 0.165. The van der Waals surface area contributed by atoms with Crippen LogP contribution in [0.4, 0.5) is 0 Å². The van der Waals surface area contributed by atoms with Gasteiger partial charge in [0.15, 0.2) is 5.78 Å². The van der Waals surface area contributed by atoms with Gasteiger partial charge in [0, 0.05) is 12.0 Å². The molecule has 2 atom stereocenters. The van der Waals surface area contributed by atoms with Crippen LogP contribution >= 0.6 is 0 Å². The number of carbonyl (C=O) groups excluding carboxylic acids is 3. The maximum absolute atomic E-state index is 12.6. The molecular formula is C21H22O5. The van der Waals surface area contributed by atoms with E-state index in [9.17, 15) is 14.4 Å². The number of ether oxygens (including phenoxy) is 2. The Balaban J connectivity index is 2.29. The van der Waals surface area contributed by atoms with E-state index < -0.39 is 23.8 Å². The van der Waals surface area contributed by atoms with Gasteiger partial charge < -0.3 is 9.47 Å². The van der Waals surface area contributed by atoms with Crippen molar-refractivity contribution in [1.29, 1.82) is 0 Å². The summed E-state index contributed by atoms with van der Waals surface area (Å²) in [7, 11) is 2.52. The van der Waals surface area contributed by atoms with Crippen molar-refractivity contribution in [2.24, 2.45) is 11.8 Å². The van der Waals surface area contributed by atoms with Gasteiger partial charge in [-0.1, -0.05) is 60.7 Å². The summed E-state index contributed by atoms with van der Waals surface area (Å²) in [6.45, 7) is 0. The third-order valence-corrected chi connectivity index (χ3v) is 4.29. The van der Waals surface area contributed by atoms with E-state index in [4.69, 9.17) is 9.47 Å². The minimum atomic E-state index is -0.916. The summed E-state index contributed by atoms with van der Waals surface area (Å²) >= 11 is 0. The van der Waals surface area contributed by atoms with Crippen LogP contribution in [-0.2, 0) is 25.5 Å². The fraction of sp³-hybridized carbons (Fsp3) is 0.286. The number of rotatable bonds is 8. The third kappa shape index (κ3) is 5.02. The highest BCUT2D eigenvalue weighted by Gasteiger charge is 2.37. The van der Waals surface area contributed by atoms with E-state index in [0.717, 1.165) is 5.56 Å². The molecule has 5 nitrogen and oxygen atoms in total. The summed E-state index contributed by atoms with van der Waals surface area (Å²) in [5, 5.41) is 0. The van der Waals surface area contributed by atoms with Gasteiger partial charge in [-0.2, -0.15) is 0 Å². The van der Waals surface area contributed by atoms with E-state index in [-0.39, 0.29) is 18.6 Å². The number of hydrogen-bond donors (Lipinski definition) is 0. The van der Waals surface area contributed by atoms with Gasteiger partial charge in [-0.25, -0.2) is 0 Å². The summed E-state index contributed by atoms with van der Waals surface area (Å²) in [6, 6.07) is 18.0. The molecule has 2 rings (SSSR count). The Morgan fingerprint density at radius 2 is 1.27 bits per heavy atom. The maximum atomic E-state index is 12.6. The molecule has 136 valence electrons. The van der Waals surface area contributed by atoms with Crippen molar-refractivity contribution >= 4 is 17.7 Å². The average Bonchev–Trinajstić information content (AvgIpc) is 2.70. The molecule has 0 spiro atoms. The molecule has 0 bridgehead atoms. The lowest BCUT2D eigenvalue weighted by Gasteiger charge is -2.23. The maximum Gasteiger partial charge on any atom is 0.310 e. The Morgan fingerprint density at radius 3 is 1.81 bits per heavy atom. The molecule has 0 N–H and O–H groups in total. The summed E-state index contributed by atoms with van der Waals surface area (Å²) in [5.74, 6) is -3.07. The summed E-state index contributed by atoms with van der Waals surface area (Å²) in [5.41, 5.74) is 1.37. The van der Waals surface area contributed by atoms with Crippen LogP contribution in [-0.4, -0.2) is 31.9 Å². The zero-order valence-corrected chi connectivity index (χ0v) is 14.9. The van der Waals surface area contributed by atoms with Gasteiger partial charge in [0.1, 0.15) is 0 Å². The van der Waals surface area contributed by atoms with Gasteiger partial charge >= 0.3 is 11.9 Å². The Labute approximate surface area is 152 Å². The molecular weight excluding hydrogens is 332 g/mol. The number of methoxy groups -OCH3 is 2. The minimum Gasteiger partial charge on any atom is -0.469 e. The molecule has 0 saturated carbocycles. The molecule has 0 amide bonds. The first-order valence-electron chi connectivity index (χ1n) is 8.34. The zero-order chi connectivity index (χ0) is 18.9. The van der Waals surface area contributed by atoms with E-state index in [1.807, 2.05) is 30.3 Å². The van der Waals surface area contributed by atoms with Crippen molar-refractivity contribution in [3.05, 3.63) is 71.8 Å². The lowest BCUT2D eigenvalue weighted by molar-refractivity contribution is -0.157. The minimum absolute atomic E-state index is 0.122. The van der Waals surface area contributed by atoms with Gasteiger partial charge in [-0.3, -0.25) is 14.4 Å². The van der Waals surface area contributed by atoms with Gasteiger partial charge in [-0.15, -0.1) is 0 Å². The lowest BCUT2D eigenvalue weighted by atomic mass is 9.82. The normalized spacial score (nSPS) is 12.7. The molecule has 0 heterocycles. The fourth-order valence-corrected chi connectivity index (χ4v) is 2.89. The van der Waals surface area contributed by atoms with E-state index in [2.05, 4.69) is 0 Å². The largest absolute Gasteiger partial charge is 0.469 e. The van der Waals surface area contributed by atoms with E-state index >= 15 is 0 Å². The second kappa shape index (κ2) is 9.51. The second-order valence-corrected chi connectivity index (χ2v) is 5.94. The Kier molecular flexibility index (Phi) is 7.09.